The first kappa shape index (κ1) is 99.3. The minimum Gasteiger partial charge on any atom is -0.457 e. The fourth-order valence-corrected chi connectivity index (χ4v) is 13.4. The molecule has 0 aliphatic rings. The zero-order valence-corrected chi connectivity index (χ0v) is 79.9. The topological polar surface area (TPSA) is 422 Å². The molecule has 720 valence electrons. The number of nitrogens with two attached hydrogens (primary N) is 2. The number of rotatable bonds is 23. The van der Waals surface area contributed by atoms with Crippen LogP contribution in [0.25, 0.3) is 67.4 Å². The van der Waals surface area contributed by atoms with E-state index in [4.69, 9.17) is 63.1 Å². The largest absolute Gasteiger partial charge is 0.457 e. The molecule has 36 heteroatoms. The minimum atomic E-state index is -0.586. The first-order valence-corrected chi connectivity index (χ1v) is 45.2. The van der Waals surface area contributed by atoms with Gasteiger partial charge in [-0.25, -0.2) is 49.5 Å². The molecule has 10 N–H and O–H groups in total. The second kappa shape index (κ2) is 47.2. The highest BCUT2D eigenvalue weighted by Crippen LogP contribution is 2.33. The zero-order valence-electron chi connectivity index (χ0n) is 78.4. The summed E-state index contributed by atoms with van der Waals surface area (Å²) < 4.78 is 41.0. The first-order valence-electron chi connectivity index (χ1n) is 44.4. The van der Waals surface area contributed by atoms with Gasteiger partial charge in [-0.2, -0.15) is 19.9 Å². The number of allylic oxidation sites excluding steroid dienone is 1. The van der Waals surface area contributed by atoms with Gasteiger partial charge in [-0.3, -0.25) is 38.5 Å². The Kier molecular flexibility index (Phi) is 32.6. The minimum absolute atomic E-state index is 0.146. The van der Waals surface area contributed by atoms with Gasteiger partial charge in [-0.1, -0.05) is 110 Å². The van der Waals surface area contributed by atoms with Crippen molar-refractivity contribution in [1.82, 2.24) is 78.1 Å². The molecule has 0 bridgehead atoms. The van der Waals surface area contributed by atoms with Crippen molar-refractivity contribution in [3.05, 3.63) is 396 Å². The average Bonchev–Trinajstić information content (AvgIpc) is 1.67. The number of ether oxygens (including phenoxy) is 6. The lowest BCUT2D eigenvalue weighted by molar-refractivity contribution is -0.112. The summed E-state index contributed by atoms with van der Waals surface area (Å²) in [7, 11) is 0. The molecule has 20 aromatic rings. The molecule has 0 radical (unpaired) electrons. The molecule has 0 atom stereocenters. The number of hydrogen-bond acceptors (Lipinski definition) is 27. The van der Waals surface area contributed by atoms with Gasteiger partial charge >= 0.3 is 12.2 Å². The maximum Gasteiger partial charge on any atom is 0.412 e. The van der Waals surface area contributed by atoms with Gasteiger partial charge in [0.2, 0.25) is 34.3 Å². The molecule has 8 aromatic heterocycles. The number of anilines is 11. The molecule has 34 nitrogen and oxygen atoms in total. The maximum atomic E-state index is 12.2. The van der Waals surface area contributed by atoms with E-state index in [2.05, 4.69) is 105 Å². The number of para-hydroxylation sites is 4. The smallest absolute Gasteiger partial charge is 0.412 e. The molecule has 0 unspecified atom stereocenters. The van der Waals surface area contributed by atoms with Crippen LogP contribution in [0.3, 0.4) is 0 Å². The van der Waals surface area contributed by atoms with E-state index in [0.29, 0.717) is 85.3 Å². The Morgan fingerprint density at radius 2 is 0.590 bits per heavy atom. The van der Waals surface area contributed by atoms with Gasteiger partial charge in [0.1, 0.15) is 105 Å². The van der Waals surface area contributed by atoms with Crippen LogP contribution in [0.4, 0.5) is 72.9 Å². The van der Waals surface area contributed by atoms with Gasteiger partial charge in [0.15, 0.2) is 22.6 Å². The van der Waals surface area contributed by atoms with E-state index in [1.54, 1.807) is 78.9 Å². The van der Waals surface area contributed by atoms with Crippen molar-refractivity contribution in [2.75, 3.05) is 43.4 Å². The first-order chi connectivity index (χ1) is 69.7. The van der Waals surface area contributed by atoms with Crippen LogP contribution in [0.5, 0.6) is 46.0 Å². The standard InChI is InChI=1S/C28H26N6O3.C26H20N6O2.C23H18N6O.C16H16ClN5O2.C12H11NO.C3H3ClO/c1-28(2,3)37-27(35)32-20-8-7-9-21(16-20)34-18-30-24-17-29-26(33-25(24)34)31-19-12-14-23(15-13-19)36-22-10-5-4-6-11-22;1-2-24(33)29-19-7-6-8-20(15-19)32-17-28-23-16-27-26(31-25(23)32)30-18-11-13-22(14-12-18)34-21-9-4-3-5-10-21;24-16-5-4-6-18(13-16)29-15-26-21-14-25-23(28-22(21)29)27-17-9-11-20(12-10-17)30-19-7-2-1-3-8-19;1-16(2,3)24-15(23)20-10-5-4-6-11(7-10)22-9-19-12-8-18-14(17)21-13(12)22;13-10-6-8-12(9-7-10)14-11-4-2-1-3-5-11;1-2-3(4)5/h4-18H,1-3H3,(H,32,35)(H,29,31,33);2-17H,1H2,(H,29,33)(H,27,30,31);1-15H,24H2,(H,25,27,28);4-9H,1-3H3,(H,20,23);1-9H,13H2;2H,1H2. The number of aromatic nitrogens is 16. The number of nitrogen functional groups attached to an aromatic ring is 2. The van der Waals surface area contributed by atoms with E-state index >= 15 is 0 Å². The van der Waals surface area contributed by atoms with Crippen molar-refractivity contribution in [2.24, 2.45) is 0 Å². The van der Waals surface area contributed by atoms with Crippen molar-refractivity contribution in [3.63, 3.8) is 0 Å². The van der Waals surface area contributed by atoms with Crippen LogP contribution in [-0.4, -0.2) is 113 Å². The summed E-state index contributed by atoms with van der Waals surface area (Å²) in [6.45, 7) is 17.4. The van der Waals surface area contributed by atoms with E-state index in [1.165, 1.54) is 6.08 Å². The summed E-state index contributed by atoms with van der Waals surface area (Å²) in [5.41, 5.74) is 24.5. The van der Waals surface area contributed by atoms with Crippen molar-refractivity contribution in [2.45, 2.75) is 52.7 Å². The second-order valence-corrected chi connectivity index (χ2v) is 33.6. The molecule has 0 aliphatic heterocycles. The van der Waals surface area contributed by atoms with Crippen LogP contribution in [0.1, 0.15) is 41.5 Å². The molecule has 0 aliphatic carbocycles. The number of benzene rings is 12. The molecule has 0 saturated carbocycles. The summed E-state index contributed by atoms with van der Waals surface area (Å²) in [6.07, 6.45) is 14.5. The Morgan fingerprint density at radius 1 is 0.312 bits per heavy atom. The highest BCUT2D eigenvalue weighted by Gasteiger charge is 2.21. The van der Waals surface area contributed by atoms with Gasteiger partial charge in [-0.05, 0) is 295 Å². The van der Waals surface area contributed by atoms with Crippen LogP contribution in [0.15, 0.2) is 391 Å². The molecule has 12 aromatic carbocycles. The zero-order chi connectivity index (χ0) is 101. The lowest BCUT2D eigenvalue weighted by Crippen LogP contribution is -2.27. The Balaban J connectivity index is 0.000000137. The molecule has 0 saturated heterocycles. The molecular formula is C108H94Cl2N24O10. The van der Waals surface area contributed by atoms with Crippen molar-refractivity contribution < 1.29 is 47.6 Å². The molecule has 20 rings (SSSR count). The van der Waals surface area contributed by atoms with Crippen LogP contribution in [0, 0.1) is 0 Å². The number of halogens is 2. The third-order valence-electron chi connectivity index (χ3n) is 19.7. The number of nitrogens with zero attached hydrogens (tertiary/aromatic N) is 16. The quantitative estimate of drug-likeness (QED) is 0.0128. The summed E-state index contributed by atoms with van der Waals surface area (Å²) in [6, 6.07) is 98.2. The second-order valence-electron chi connectivity index (χ2n) is 32.9. The summed E-state index contributed by atoms with van der Waals surface area (Å²) in [5.74, 6) is 7.24. The van der Waals surface area contributed by atoms with Crippen LogP contribution in [0.2, 0.25) is 5.28 Å². The van der Waals surface area contributed by atoms with Crippen molar-refractivity contribution in [3.8, 4) is 68.7 Å². The Labute approximate surface area is 836 Å². The highest BCUT2D eigenvalue weighted by molar-refractivity contribution is 6.66. The Morgan fingerprint density at radius 3 is 0.889 bits per heavy atom. The van der Waals surface area contributed by atoms with Gasteiger partial charge < -0.3 is 61.2 Å². The molecule has 0 fully saturated rings. The van der Waals surface area contributed by atoms with Crippen LogP contribution in [-0.2, 0) is 19.1 Å². The average molecular weight is 1960 g/mol. The predicted octanol–water partition coefficient (Wildman–Crippen LogP) is 24.9. The lowest BCUT2D eigenvalue weighted by Gasteiger charge is -2.19. The number of nitrogens with one attached hydrogen (secondary N) is 6. The van der Waals surface area contributed by atoms with E-state index in [1.807, 2.05) is 346 Å². The normalized spacial score (nSPS) is 10.7. The fourth-order valence-electron chi connectivity index (χ4n) is 13.3. The number of amides is 3. The monoisotopic (exact) mass is 1960 g/mol. The molecule has 8 heterocycles. The van der Waals surface area contributed by atoms with Gasteiger partial charge in [0.25, 0.3) is 0 Å². The molecule has 144 heavy (non-hydrogen) atoms. The molecular weight excluding hydrogens is 1860 g/mol. The third kappa shape index (κ3) is 29.0. The maximum absolute atomic E-state index is 12.2. The predicted molar refractivity (Wildman–Crippen MR) is 562 cm³/mol. The number of carbonyl (C=O) groups is 4. The van der Waals surface area contributed by atoms with Gasteiger partial charge in [0, 0.05) is 45.5 Å². The molecule has 0 spiro atoms. The lowest BCUT2D eigenvalue weighted by atomic mass is 10.2. The van der Waals surface area contributed by atoms with E-state index in [0.717, 1.165) is 97.6 Å². The van der Waals surface area contributed by atoms with Crippen LogP contribution >= 0.6 is 23.2 Å². The van der Waals surface area contributed by atoms with Gasteiger partial charge in [-0.15, -0.1) is 0 Å². The van der Waals surface area contributed by atoms with E-state index in [9.17, 15) is 19.2 Å². The van der Waals surface area contributed by atoms with Crippen molar-refractivity contribution in [1.29, 1.82) is 0 Å². The number of hydrogen-bond donors (Lipinski definition) is 8. The Bertz CT molecular complexity index is 7790. The van der Waals surface area contributed by atoms with E-state index in [-0.39, 0.29) is 11.2 Å². The number of imidazole rings is 4. The number of carbonyl (C=O) groups excluding carboxylic acids is 4. The third-order valence-corrected chi connectivity index (χ3v) is 20.0. The van der Waals surface area contributed by atoms with Crippen LogP contribution < -0.4 is 62.3 Å². The summed E-state index contributed by atoms with van der Waals surface area (Å²) in [5, 5.41) is 17.5. The number of fused-ring (bicyclic) bond motifs is 4. The fraction of sp³-hybridized carbons (Fsp3) is 0.0741. The molecule has 3 amide bonds. The SMILES string of the molecule is C=CC(=O)Cl.C=CC(=O)Nc1cccc(-n2cnc3cnc(Nc4ccc(Oc5ccccc5)cc4)nc32)c1.CC(C)(C)OC(=O)Nc1cccc(-n2cnc3cnc(Cl)nc32)c1.CC(C)(C)OC(=O)Nc1cccc(-n2cnc3cnc(Nc4ccc(Oc5ccccc5)cc4)nc32)c1.Nc1ccc(Oc2ccccc2)cc1.Nc1cccc(-n2cnc3cnc(Nc4ccc(Oc5ccccc5)cc4)nc32)c1. The summed E-state index contributed by atoms with van der Waals surface area (Å²) in [4.78, 5) is 97.8. The van der Waals surface area contributed by atoms with E-state index < -0.39 is 28.6 Å². The highest BCUT2D eigenvalue weighted by atomic mass is 35.5. The summed E-state index contributed by atoms with van der Waals surface area (Å²) >= 11 is 10.6. The van der Waals surface area contributed by atoms with Gasteiger partial charge in [0.05, 0.1) is 47.5 Å². The van der Waals surface area contributed by atoms with Crippen molar-refractivity contribution >= 4 is 155 Å². The Hall–Kier alpha value is -19.2.